The molecule has 0 aromatic heterocycles. The van der Waals surface area contributed by atoms with Crippen LogP contribution in [0.5, 0.6) is 0 Å². The van der Waals surface area contributed by atoms with Gasteiger partial charge >= 0.3 is 0 Å². The summed E-state index contributed by atoms with van der Waals surface area (Å²) in [5, 5.41) is 24.7. The van der Waals surface area contributed by atoms with Gasteiger partial charge in [-0.05, 0) is 102 Å². The molecule has 14 heteroatoms. The third kappa shape index (κ3) is 11.0. The fraction of sp³-hybridized carbons (Fsp3) is 0.700. The first-order valence-electron chi connectivity index (χ1n) is 20.3. The van der Waals surface area contributed by atoms with Gasteiger partial charge in [0.25, 0.3) is 0 Å². The predicted molar refractivity (Wildman–Crippen MR) is 203 cm³/mol. The summed E-state index contributed by atoms with van der Waals surface area (Å²) in [4.78, 5) is 86.0. The van der Waals surface area contributed by atoms with E-state index in [2.05, 4.69) is 31.5 Å². The van der Waals surface area contributed by atoms with E-state index in [1.807, 2.05) is 30.3 Å². The van der Waals surface area contributed by atoms with Crippen molar-refractivity contribution in [2.45, 2.75) is 146 Å². The first-order chi connectivity index (χ1) is 26.0. The number of aliphatic hydroxyl groups is 1. The number of rotatable bonds is 8. The standard InChI is InChI=1S/C40H61N7O7/c1-3-29-36(50)45-35(26(2)48)39(53)44-31(25-27-13-5-4-6-14-27)40(54)47-24-12-18-33(47)38(52)41-21-9-7-16-30(37(51)43-29)42-34(49)20-19-28-15-11-23-46-22-10-8-17-32(28)46/h4-6,13-14,26,28-33,35,48H,3,7-12,15-25H2,1-2H3,(H,41,52)(H,42,49)(H,43,51)(H,44,53)(H,45,50)/t26-,28+,29+,30+,31-,32-,33+,35+/m1/s1. The van der Waals surface area contributed by atoms with Crippen LogP contribution in [0.2, 0.25) is 0 Å². The molecule has 4 aliphatic heterocycles. The summed E-state index contributed by atoms with van der Waals surface area (Å²) >= 11 is 0. The fourth-order valence-corrected chi connectivity index (χ4v) is 8.67. The fourth-order valence-electron chi connectivity index (χ4n) is 8.67. The normalized spacial score (nSPS) is 30.2. The monoisotopic (exact) mass is 751 g/mol. The van der Waals surface area contributed by atoms with Crippen molar-refractivity contribution < 1.29 is 33.9 Å². The third-order valence-corrected chi connectivity index (χ3v) is 11.7. The molecule has 298 valence electrons. The molecule has 0 aliphatic carbocycles. The molecule has 0 unspecified atom stereocenters. The molecule has 6 N–H and O–H groups in total. The van der Waals surface area contributed by atoms with E-state index in [1.54, 1.807) is 6.92 Å². The number of benzene rings is 1. The number of amides is 6. The molecule has 1 aromatic rings. The van der Waals surface area contributed by atoms with Crippen LogP contribution in [0.3, 0.4) is 0 Å². The minimum absolute atomic E-state index is 0.136. The summed E-state index contributed by atoms with van der Waals surface area (Å²) in [6.45, 7) is 5.99. The number of piperidine rings is 2. The highest BCUT2D eigenvalue weighted by Gasteiger charge is 2.40. The van der Waals surface area contributed by atoms with Crippen molar-refractivity contribution in [3.05, 3.63) is 35.9 Å². The highest BCUT2D eigenvalue weighted by molar-refractivity contribution is 5.97. The van der Waals surface area contributed by atoms with Crippen molar-refractivity contribution in [1.29, 1.82) is 0 Å². The Hall–Kier alpha value is -4.04. The van der Waals surface area contributed by atoms with E-state index in [9.17, 15) is 33.9 Å². The lowest BCUT2D eigenvalue weighted by atomic mass is 9.81. The molecule has 0 radical (unpaired) electrons. The zero-order valence-electron chi connectivity index (χ0n) is 32.0. The second-order valence-corrected chi connectivity index (χ2v) is 15.6. The average molecular weight is 752 g/mol. The minimum atomic E-state index is -1.44. The average Bonchev–Trinajstić information content (AvgIpc) is 3.67. The van der Waals surface area contributed by atoms with Gasteiger partial charge in [-0.3, -0.25) is 28.8 Å². The zero-order chi connectivity index (χ0) is 38.6. The van der Waals surface area contributed by atoms with Gasteiger partial charge in [0.15, 0.2) is 0 Å². The molecule has 0 spiro atoms. The number of carbonyl (C=O) groups excluding carboxylic acids is 6. The maximum atomic E-state index is 14.1. The van der Waals surface area contributed by atoms with Gasteiger partial charge in [0, 0.05) is 32.0 Å². The van der Waals surface area contributed by atoms with Crippen LogP contribution in [0.1, 0.15) is 103 Å². The predicted octanol–water partition coefficient (Wildman–Crippen LogP) is 1.29. The van der Waals surface area contributed by atoms with Crippen LogP contribution < -0.4 is 26.6 Å². The number of aliphatic hydroxyl groups excluding tert-OH is 1. The zero-order valence-corrected chi connectivity index (χ0v) is 32.0. The summed E-state index contributed by atoms with van der Waals surface area (Å²) in [6.07, 6.45) is 8.30. The molecule has 4 fully saturated rings. The maximum absolute atomic E-state index is 14.1. The lowest BCUT2D eigenvalue weighted by Crippen LogP contribution is -2.61. The Balaban J connectivity index is 1.31. The number of nitrogens with one attached hydrogen (secondary N) is 5. The Bertz CT molecular complexity index is 1460. The second-order valence-electron chi connectivity index (χ2n) is 15.6. The molecule has 5 rings (SSSR count). The van der Waals surface area contributed by atoms with Crippen molar-refractivity contribution in [2.24, 2.45) is 5.92 Å². The molecule has 1 aromatic carbocycles. The van der Waals surface area contributed by atoms with E-state index in [-0.39, 0.29) is 24.7 Å². The second kappa shape index (κ2) is 20.0. The molecule has 0 saturated carbocycles. The summed E-state index contributed by atoms with van der Waals surface area (Å²) < 4.78 is 0. The lowest BCUT2D eigenvalue weighted by Gasteiger charge is -2.44. The summed E-state index contributed by atoms with van der Waals surface area (Å²) in [6, 6.07) is 4.49. The van der Waals surface area contributed by atoms with Crippen LogP contribution in [0.4, 0.5) is 0 Å². The largest absolute Gasteiger partial charge is 0.391 e. The molecule has 8 atom stereocenters. The van der Waals surface area contributed by atoms with E-state index < -0.39 is 59.9 Å². The number of nitrogens with zero attached hydrogens (tertiary/aromatic N) is 2. The maximum Gasteiger partial charge on any atom is 0.246 e. The number of hydrogen-bond donors (Lipinski definition) is 6. The Morgan fingerprint density at radius 1 is 0.815 bits per heavy atom. The minimum Gasteiger partial charge on any atom is -0.391 e. The molecule has 54 heavy (non-hydrogen) atoms. The van der Waals surface area contributed by atoms with E-state index in [4.69, 9.17) is 0 Å². The summed E-state index contributed by atoms with van der Waals surface area (Å²) in [7, 11) is 0. The van der Waals surface area contributed by atoms with E-state index in [1.165, 1.54) is 24.7 Å². The van der Waals surface area contributed by atoms with Gasteiger partial charge in [-0.15, -0.1) is 0 Å². The van der Waals surface area contributed by atoms with Crippen LogP contribution in [0.15, 0.2) is 30.3 Å². The Labute approximate surface area is 319 Å². The van der Waals surface area contributed by atoms with Crippen LogP contribution >= 0.6 is 0 Å². The molecule has 6 amide bonds. The molecule has 0 bridgehead atoms. The van der Waals surface area contributed by atoms with Crippen molar-refractivity contribution >= 4 is 35.4 Å². The Morgan fingerprint density at radius 2 is 1.54 bits per heavy atom. The smallest absolute Gasteiger partial charge is 0.246 e. The SMILES string of the molecule is CC[C@@H]1NC(=O)[C@@H](NC(=O)CC[C@@H]2CCCN3CCCC[C@H]23)CCCCNC(=O)[C@@H]2CCCN2C(=O)[C@@H](Cc2ccccc2)NC(=O)[C@H]([C@@H](C)O)NC1=O. The molecular weight excluding hydrogens is 690 g/mol. The van der Waals surface area contributed by atoms with E-state index in [0.29, 0.717) is 63.6 Å². The van der Waals surface area contributed by atoms with E-state index >= 15 is 0 Å². The molecule has 4 heterocycles. The number of hydrogen-bond acceptors (Lipinski definition) is 8. The van der Waals surface area contributed by atoms with Crippen LogP contribution in [0, 0.1) is 5.92 Å². The van der Waals surface area contributed by atoms with Gasteiger partial charge in [-0.2, -0.15) is 0 Å². The Kier molecular flexibility index (Phi) is 15.3. The highest BCUT2D eigenvalue weighted by Crippen LogP contribution is 2.33. The van der Waals surface area contributed by atoms with Gasteiger partial charge < -0.3 is 41.5 Å². The number of fused-ring (bicyclic) bond motifs is 2. The Morgan fingerprint density at radius 3 is 2.30 bits per heavy atom. The van der Waals surface area contributed by atoms with E-state index in [0.717, 1.165) is 44.3 Å². The topological polar surface area (TPSA) is 189 Å². The van der Waals surface area contributed by atoms with Crippen LogP contribution in [0.25, 0.3) is 0 Å². The number of carbonyl (C=O) groups is 6. The van der Waals surface area contributed by atoms with Gasteiger partial charge in [0.1, 0.15) is 30.2 Å². The first kappa shape index (κ1) is 41.1. The van der Waals surface area contributed by atoms with Gasteiger partial charge in [-0.1, -0.05) is 43.7 Å². The van der Waals surface area contributed by atoms with Gasteiger partial charge in [0.2, 0.25) is 35.4 Å². The third-order valence-electron chi connectivity index (χ3n) is 11.7. The molecule has 14 nitrogen and oxygen atoms in total. The van der Waals surface area contributed by atoms with Gasteiger partial charge in [0.05, 0.1) is 6.10 Å². The van der Waals surface area contributed by atoms with Gasteiger partial charge in [-0.25, -0.2) is 0 Å². The molecule has 4 saturated heterocycles. The first-order valence-corrected chi connectivity index (χ1v) is 20.3. The van der Waals surface area contributed by atoms with Crippen molar-refractivity contribution in [2.75, 3.05) is 26.2 Å². The highest BCUT2D eigenvalue weighted by atomic mass is 16.3. The molecular formula is C40H61N7O7. The van der Waals surface area contributed by atoms with Crippen molar-refractivity contribution in [3.8, 4) is 0 Å². The lowest BCUT2D eigenvalue weighted by molar-refractivity contribution is -0.142. The van der Waals surface area contributed by atoms with Crippen LogP contribution in [-0.2, 0) is 35.2 Å². The quantitative estimate of drug-likeness (QED) is 0.229. The van der Waals surface area contributed by atoms with Crippen molar-refractivity contribution in [3.63, 3.8) is 0 Å². The summed E-state index contributed by atoms with van der Waals surface area (Å²) in [5.74, 6) is -2.44. The van der Waals surface area contributed by atoms with Crippen LogP contribution in [-0.4, -0.2) is 119 Å². The van der Waals surface area contributed by atoms with Crippen molar-refractivity contribution in [1.82, 2.24) is 36.4 Å². The molecule has 4 aliphatic rings. The summed E-state index contributed by atoms with van der Waals surface area (Å²) in [5.41, 5.74) is 0.785.